The summed E-state index contributed by atoms with van der Waals surface area (Å²) in [6.07, 6.45) is 1.52. The molecule has 0 spiro atoms. The number of hydrogen-bond acceptors (Lipinski definition) is 7. The lowest BCUT2D eigenvalue weighted by Crippen LogP contribution is -2.19. The second-order valence-corrected chi connectivity index (χ2v) is 5.76. The Balaban J connectivity index is 2.30. The highest BCUT2D eigenvalue weighted by Gasteiger charge is 2.19. The van der Waals surface area contributed by atoms with E-state index in [2.05, 4.69) is 10.3 Å². The fourth-order valence-electron chi connectivity index (χ4n) is 2.05. The van der Waals surface area contributed by atoms with E-state index >= 15 is 0 Å². The summed E-state index contributed by atoms with van der Waals surface area (Å²) >= 11 is 0. The molecule has 0 atom stereocenters. The maximum atomic E-state index is 11.2. The number of nitrogens with zero attached hydrogens (tertiary/aromatic N) is 3. The van der Waals surface area contributed by atoms with Gasteiger partial charge in [0, 0.05) is 37.6 Å². The highest BCUT2D eigenvalue weighted by Crippen LogP contribution is 2.36. The summed E-state index contributed by atoms with van der Waals surface area (Å²) in [7, 11) is 5.70. The van der Waals surface area contributed by atoms with Gasteiger partial charge in [-0.2, -0.15) is 0 Å². The Hall–Kier alpha value is -2.87. The van der Waals surface area contributed by atoms with Crippen molar-refractivity contribution in [1.82, 2.24) is 9.88 Å². The van der Waals surface area contributed by atoms with Crippen LogP contribution in [0.2, 0.25) is 0 Å². The third kappa shape index (κ3) is 5.05. The minimum atomic E-state index is -0.510. The first-order valence-corrected chi connectivity index (χ1v) is 7.79. The molecule has 8 heteroatoms. The molecule has 2 aromatic rings. The van der Waals surface area contributed by atoms with Gasteiger partial charge in [-0.25, -0.2) is 4.98 Å². The van der Waals surface area contributed by atoms with Gasteiger partial charge in [-0.3, -0.25) is 10.1 Å². The number of pyridine rings is 1. The largest absolute Gasteiger partial charge is 0.488 e. The lowest BCUT2D eigenvalue weighted by atomic mass is 10.2. The second-order valence-electron chi connectivity index (χ2n) is 5.76. The van der Waals surface area contributed by atoms with E-state index in [1.54, 1.807) is 32.2 Å². The van der Waals surface area contributed by atoms with Gasteiger partial charge in [-0.15, -0.1) is 0 Å². The summed E-state index contributed by atoms with van der Waals surface area (Å²) in [6.45, 7) is 2.92. The van der Waals surface area contributed by atoms with Crippen LogP contribution >= 0.6 is 0 Å². The molecule has 0 bridgehead atoms. The zero-order chi connectivity index (χ0) is 18.4. The van der Waals surface area contributed by atoms with Crippen LogP contribution in [0.15, 0.2) is 30.5 Å². The molecule has 1 aromatic carbocycles. The monoisotopic (exact) mass is 346 g/mol. The van der Waals surface area contributed by atoms with Gasteiger partial charge >= 0.3 is 5.69 Å². The normalized spacial score (nSPS) is 10.6. The fraction of sp³-hybridized carbons (Fsp3) is 0.353. The van der Waals surface area contributed by atoms with Crippen molar-refractivity contribution in [1.29, 1.82) is 0 Å². The van der Waals surface area contributed by atoms with Gasteiger partial charge in [0.25, 0.3) is 5.88 Å². The molecule has 0 amide bonds. The van der Waals surface area contributed by atoms with Gasteiger partial charge in [0.1, 0.15) is 6.61 Å². The molecule has 1 N–H and O–H groups in total. The number of aryl methyl sites for hydroxylation is 1. The van der Waals surface area contributed by atoms with E-state index in [-0.39, 0.29) is 11.6 Å². The van der Waals surface area contributed by atoms with E-state index in [9.17, 15) is 10.1 Å². The third-order valence-corrected chi connectivity index (χ3v) is 3.40. The summed E-state index contributed by atoms with van der Waals surface area (Å²) in [4.78, 5) is 16.8. The zero-order valence-electron chi connectivity index (χ0n) is 14.8. The predicted molar refractivity (Wildman–Crippen MR) is 95.7 cm³/mol. The van der Waals surface area contributed by atoms with Crippen molar-refractivity contribution >= 4 is 11.4 Å². The van der Waals surface area contributed by atoms with Crippen LogP contribution in [0.3, 0.4) is 0 Å². The molecule has 0 saturated heterocycles. The number of hydrogen-bond donors (Lipinski definition) is 1. The van der Waals surface area contributed by atoms with Crippen molar-refractivity contribution in [2.24, 2.45) is 0 Å². The number of likely N-dealkylation sites (N-methyl/N-ethyl adjacent to an activating group) is 1. The van der Waals surface area contributed by atoms with Crippen LogP contribution in [0, 0.1) is 17.0 Å². The van der Waals surface area contributed by atoms with E-state index in [0.717, 1.165) is 12.2 Å². The Kier molecular flexibility index (Phi) is 6.13. The number of nitrogens with one attached hydrogen (secondary N) is 1. The molecule has 0 aliphatic carbocycles. The predicted octanol–water partition coefficient (Wildman–Crippen LogP) is 3.07. The first kappa shape index (κ1) is 18.5. The average Bonchev–Trinajstić information content (AvgIpc) is 2.57. The molecule has 1 heterocycles. The molecular weight excluding hydrogens is 324 g/mol. The van der Waals surface area contributed by atoms with Crippen molar-refractivity contribution in [3.63, 3.8) is 0 Å². The smallest absolute Gasteiger partial charge is 0.331 e. The number of aromatic nitrogens is 1. The van der Waals surface area contributed by atoms with Crippen molar-refractivity contribution < 1.29 is 14.4 Å². The standard InChI is InChI=1S/C17H22N4O4/c1-12-9-14(21(22)23)17(19-11-12)25-15-6-5-13(18-2)10-16(15)24-8-7-20(3)4/h5-6,9-11,18H,7-8H2,1-4H3. The van der Waals surface area contributed by atoms with E-state index in [0.29, 0.717) is 23.7 Å². The lowest BCUT2D eigenvalue weighted by Gasteiger charge is -2.15. The molecule has 2 rings (SSSR count). The Bertz CT molecular complexity index is 749. The SMILES string of the molecule is CNc1ccc(Oc2ncc(C)cc2[N+](=O)[O-])c(OCCN(C)C)c1. The molecule has 0 radical (unpaired) electrons. The summed E-state index contributed by atoms with van der Waals surface area (Å²) in [5.41, 5.74) is 1.35. The molecule has 1 aromatic heterocycles. The summed E-state index contributed by atoms with van der Waals surface area (Å²) < 4.78 is 11.5. The molecule has 134 valence electrons. The van der Waals surface area contributed by atoms with Crippen molar-refractivity contribution in [3.8, 4) is 17.4 Å². The van der Waals surface area contributed by atoms with Gasteiger partial charge in [-0.1, -0.05) is 0 Å². The maximum Gasteiger partial charge on any atom is 0.331 e. The quantitative estimate of drug-likeness (QED) is 0.580. The summed E-state index contributed by atoms with van der Waals surface area (Å²) in [5.74, 6) is 0.799. The molecule has 25 heavy (non-hydrogen) atoms. The minimum Gasteiger partial charge on any atom is -0.488 e. The maximum absolute atomic E-state index is 11.2. The van der Waals surface area contributed by atoms with Gasteiger partial charge < -0.3 is 19.7 Å². The van der Waals surface area contributed by atoms with Crippen LogP contribution in [0.25, 0.3) is 0 Å². The van der Waals surface area contributed by atoms with Crippen LogP contribution < -0.4 is 14.8 Å². The van der Waals surface area contributed by atoms with Gasteiger partial charge in [-0.05, 0) is 38.7 Å². The van der Waals surface area contributed by atoms with Crippen LogP contribution in [0.4, 0.5) is 11.4 Å². The van der Waals surface area contributed by atoms with E-state index in [1.165, 1.54) is 12.3 Å². The lowest BCUT2D eigenvalue weighted by molar-refractivity contribution is -0.386. The Morgan fingerprint density at radius 2 is 2.04 bits per heavy atom. The van der Waals surface area contributed by atoms with E-state index in [4.69, 9.17) is 9.47 Å². The number of ether oxygens (including phenoxy) is 2. The molecular formula is C17H22N4O4. The van der Waals surface area contributed by atoms with Crippen LogP contribution in [-0.2, 0) is 0 Å². The topological polar surface area (TPSA) is 89.8 Å². The van der Waals surface area contributed by atoms with Gasteiger partial charge in [0.15, 0.2) is 11.5 Å². The van der Waals surface area contributed by atoms with Crippen LogP contribution in [0.5, 0.6) is 17.4 Å². The Morgan fingerprint density at radius 3 is 2.68 bits per heavy atom. The van der Waals surface area contributed by atoms with Gasteiger partial charge in [0.2, 0.25) is 0 Å². The highest BCUT2D eigenvalue weighted by atomic mass is 16.6. The molecule has 8 nitrogen and oxygen atoms in total. The van der Waals surface area contributed by atoms with E-state index < -0.39 is 4.92 Å². The number of nitro groups is 1. The molecule has 0 aliphatic heterocycles. The highest BCUT2D eigenvalue weighted by molar-refractivity contribution is 5.56. The fourth-order valence-corrected chi connectivity index (χ4v) is 2.05. The first-order chi connectivity index (χ1) is 11.9. The minimum absolute atomic E-state index is 0.0646. The van der Waals surface area contributed by atoms with Crippen molar-refractivity contribution in [2.45, 2.75) is 6.92 Å². The number of anilines is 1. The summed E-state index contributed by atoms with van der Waals surface area (Å²) in [6, 6.07) is 6.71. The van der Waals surface area contributed by atoms with Crippen molar-refractivity contribution in [3.05, 3.63) is 46.1 Å². The van der Waals surface area contributed by atoms with Crippen LogP contribution in [-0.4, -0.2) is 49.1 Å². The van der Waals surface area contributed by atoms with Gasteiger partial charge in [0.05, 0.1) is 4.92 Å². The van der Waals surface area contributed by atoms with Crippen LogP contribution in [0.1, 0.15) is 5.56 Å². The number of rotatable bonds is 8. The Morgan fingerprint density at radius 1 is 1.28 bits per heavy atom. The summed E-state index contributed by atoms with van der Waals surface area (Å²) in [5, 5.41) is 14.3. The number of benzene rings is 1. The molecule has 0 aliphatic rings. The first-order valence-electron chi connectivity index (χ1n) is 7.79. The second kappa shape index (κ2) is 8.29. The molecule has 0 fully saturated rings. The van der Waals surface area contributed by atoms with Crippen molar-refractivity contribution in [2.75, 3.05) is 39.6 Å². The van der Waals surface area contributed by atoms with E-state index in [1.807, 2.05) is 19.0 Å². The molecule has 0 saturated carbocycles. The zero-order valence-corrected chi connectivity index (χ0v) is 14.8. The average molecular weight is 346 g/mol. The molecule has 0 unspecified atom stereocenters. The Labute approximate surface area is 146 Å². The third-order valence-electron chi connectivity index (χ3n) is 3.40.